The number of hydrogen-bond donors (Lipinski definition) is 4. The van der Waals surface area contributed by atoms with Gasteiger partial charge < -0.3 is 130 Å². The molecule has 45 heteroatoms. The highest BCUT2D eigenvalue weighted by atomic mass is 16.8. The van der Waals surface area contributed by atoms with Gasteiger partial charge in [0.15, 0.2) is 61.3 Å². The molecule has 3 aromatic rings. The Morgan fingerprint density at radius 1 is 0.442 bits per heavy atom. The van der Waals surface area contributed by atoms with Gasteiger partial charge in [0.1, 0.15) is 87.9 Å². The number of benzene rings is 3. The summed E-state index contributed by atoms with van der Waals surface area (Å²) in [5, 5.41) is 10.1. The first-order chi connectivity index (χ1) is 61.0. The van der Waals surface area contributed by atoms with Crippen LogP contribution in [0.5, 0.6) is 0 Å². The van der Waals surface area contributed by atoms with Gasteiger partial charge in [0, 0.05) is 103 Å². The van der Waals surface area contributed by atoms with Gasteiger partial charge in [-0.2, -0.15) is 0 Å². The molecule has 5 fully saturated rings. The van der Waals surface area contributed by atoms with Gasteiger partial charge in [-0.3, -0.25) is 67.1 Å². The summed E-state index contributed by atoms with van der Waals surface area (Å²) in [5.41, 5.74) is 3.75. The Bertz CT molecular complexity index is 4600. The van der Waals surface area contributed by atoms with Gasteiger partial charge >= 0.3 is 89.7 Å². The third-order valence-electron chi connectivity index (χ3n) is 20.4. The van der Waals surface area contributed by atoms with Crippen molar-refractivity contribution in [2.24, 2.45) is 0 Å². The second kappa shape index (κ2) is 45.0. The quantitative estimate of drug-likeness (QED) is 0.0458. The largest absolute Gasteiger partial charge is 0.465 e. The Hall–Kier alpha value is -12.4. The molecular formula is C84H102N4O41. The Labute approximate surface area is 736 Å². The number of alkyl carbamates (subject to hydrolysis) is 1. The molecule has 704 valence electrons. The number of carbonyl (C=O) groups excluding carboxylic acids is 18. The van der Waals surface area contributed by atoms with Crippen LogP contribution in [0.15, 0.2) is 78.9 Å². The van der Waals surface area contributed by atoms with Gasteiger partial charge in [0.05, 0.1) is 45.2 Å². The highest BCUT2D eigenvalue weighted by Gasteiger charge is 2.68. The van der Waals surface area contributed by atoms with E-state index < -0.39 is 306 Å². The van der Waals surface area contributed by atoms with E-state index in [4.69, 9.17) is 109 Å². The number of nitrogens with one attached hydrogen (secondary N) is 4. The van der Waals surface area contributed by atoms with Crippen molar-refractivity contribution in [1.29, 1.82) is 0 Å². The molecule has 4 N–H and O–H groups in total. The monoisotopic (exact) mass is 1820 g/mol. The fourth-order valence-corrected chi connectivity index (χ4v) is 15.7. The summed E-state index contributed by atoms with van der Waals surface area (Å²) in [6.07, 6.45) is -39.5. The molecule has 0 saturated carbocycles. The average Bonchev–Trinajstić information content (AvgIpc) is 1.69. The molecule has 45 nitrogen and oxygen atoms in total. The van der Waals surface area contributed by atoms with Crippen molar-refractivity contribution in [1.82, 2.24) is 21.3 Å². The van der Waals surface area contributed by atoms with Crippen LogP contribution in [0, 0.1) is 0 Å². The van der Waals surface area contributed by atoms with E-state index in [1.54, 1.807) is 42.5 Å². The van der Waals surface area contributed by atoms with Gasteiger partial charge in [-0.1, -0.05) is 78.9 Å². The predicted molar refractivity (Wildman–Crippen MR) is 421 cm³/mol. The number of rotatable bonds is 36. The van der Waals surface area contributed by atoms with Crippen molar-refractivity contribution in [3.8, 4) is 11.1 Å². The maximum Gasteiger partial charge on any atom is 0.407 e. The van der Waals surface area contributed by atoms with Crippen LogP contribution >= 0.6 is 0 Å². The smallest absolute Gasteiger partial charge is 0.407 e. The van der Waals surface area contributed by atoms with Gasteiger partial charge in [0.25, 0.3) is 11.6 Å². The lowest BCUT2D eigenvalue weighted by Crippen LogP contribution is -2.75. The van der Waals surface area contributed by atoms with Crippen LogP contribution in [-0.4, -0.2) is 294 Å². The number of fused-ring (bicyclic) bond motifs is 4. The Morgan fingerprint density at radius 2 is 0.922 bits per heavy atom. The second-order valence-corrected chi connectivity index (χ2v) is 30.4. The van der Waals surface area contributed by atoms with Crippen molar-refractivity contribution in [3.05, 3.63) is 95.6 Å². The van der Waals surface area contributed by atoms with Crippen molar-refractivity contribution in [2.45, 2.75) is 262 Å². The van der Waals surface area contributed by atoms with E-state index in [1.807, 2.05) is 36.4 Å². The fraction of sp³-hybridized carbons (Fsp3) is 0.571. The molecule has 4 amide bonds. The molecule has 5 heterocycles. The number of ether oxygens (including phenoxy) is 23. The third-order valence-corrected chi connectivity index (χ3v) is 20.4. The predicted octanol–water partition coefficient (Wildman–Crippen LogP) is 0.616. The summed E-state index contributed by atoms with van der Waals surface area (Å²) in [6.45, 7) is 6.92. The first-order valence-electron chi connectivity index (χ1n) is 40.5. The highest BCUT2D eigenvalue weighted by Crippen LogP contribution is 2.48. The van der Waals surface area contributed by atoms with E-state index in [-0.39, 0.29) is 6.61 Å². The molecule has 6 aliphatic rings. The van der Waals surface area contributed by atoms with Gasteiger partial charge in [-0.05, 0) is 27.8 Å². The highest BCUT2D eigenvalue weighted by molar-refractivity contribution is 5.84. The van der Waals surface area contributed by atoms with Gasteiger partial charge in [0.2, 0.25) is 17.7 Å². The minimum Gasteiger partial charge on any atom is -0.465 e. The zero-order chi connectivity index (χ0) is 94.6. The number of carbonyl (C=O) groups is 18. The van der Waals surface area contributed by atoms with Crippen LogP contribution in [0.25, 0.3) is 11.1 Å². The lowest BCUT2D eigenvalue weighted by atomic mass is 9.86. The van der Waals surface area contributed by atoms with E-state index in [0.29, 0.717) is 5.56 Å². The minimum absolute atomic E-state index is 0.315. The Kier molecular flexibility index (Phi) is 35.0. The van der Waals surface area contributed by atoms with Crippen LogP contribution in [0.2, 0.25) is 0 Å². The second-order valence-electron chi connectivity index (χ2n) is 30.4. The first kappa shape index (κ1) is 100. The summed E-state index contributed by atoms with van der Waals surface area (Å²) < 4.78 is 139. The lowest BCUT2D eigenvalue weighted by molar-refractivity contribution is -0.403. The minimum atomic E-state index is -3.16. The molecule has 0 aromatic heterocycles. The maximum atomic E-state index is 15.4. The van der Waals surface area contributed by atoms with E-state index in [9.17, 15) is 76.7 Å². The molecule has 0 bridgehead atoms. The van der Waals surface area contributed by atoms with Gasteiger partial charge in [-0.25, -0.2) is 19.2 Å². The van der Waals surface area contributed by atoms with Crippen LogP contribution in [0.4, 0.5) is 4.79 Å². The van der Waals surface area contributed by atoms with E-state index in [2.05, 4.69) is 21.3 Å². The number of hydrogen-bond acceptors (Lipinski definition) is 41. The van der Waals surface area contributed by atoms with Crippen LogP contribution in [0.3, 0.4) is 0 Å². The molecule has 0 radical (unpaired) electrons. The number of amides is 4. The van der Waals surface area contributed by atoms with Gasteiger partial charge in [-0.15, -0.1) is 0 Å². The molecule has 9 rings (SSSR count). The zero-order valence-corrected chi connectivity index (χ0v) is 72.8. The van der Waals surface area contributed by atoms with Crippen molar-refractivity contribution >= 4 is 107 Å². The first-order valence-corrected chi connectivity index (χ1v) is 40.5. The normalized spacial score (nSPS) is 27.1. The number of methoxy groups -OCH3 is 1. The summed E-state index contributed by atoms with van der Waals surface area (Å²) >= 11 is 0. The maximum absolute atomic E-state index is 15.4. The SMILES string of the molecule is COC(=O)[C@@]1(OCC2O[C@H](OC[C@H](NC(=O)OCC3c4ccccc4-c4ccccc43)C(=O)OCc3ccccc3)C(NC(C)=O)[C@@H](O[C@@H]3OC(COC(C)=O)[C@@H]4OC(=O)[C@]5(C[C@@H](OC(C)=O)[C@@H](NC(C)=O)C([C@H](OC(C)=O)[C@@H](COC(C)=O)OC(C)=O)O5)OC4[C@@H]3OC(C)=O)[C@H]2OC(C)=O)C[C@@H](OC(C)=O)[C@@H](NC(C)=O)C([C@H](OC(C)=O)[C@@H](COC(C)=O)OC(C)=O)O1. The molecule has 129 heavy (non-hydrogen) atoms. The molecular weight excluding hydrogens is 1720 g/mol. The Balaban J connectivity index is 1.23. The van der Waals surface area contributed by atoms with E-state index in [1.165, 1.54) is 0 Å². The fourth-order valence-electron chi connectivity index (χ4n) is 15.7. The number of esters is 14. The molecule has 1 aliphatic carbocycles. The zero-order valence-electron chi connectivity index (χ0n) is 72.8. The van der Waals surface area contributed by atoms with Crippen molar-refractivity contribution in [2.75, 3.05) is 46.8 Å². The topological polar surface area (TPSA) is 568 Å². The van der Waals surface area contributed by atoms with E-state index >= 15 is 9.59 Å². The lowest BCUT2D eigenvalue weighted by Gasteiger charge is -2.55. The van der Waals surface area contributed by atoms with E-state index in [0.717, 1.165) is 126 Å². The molecule has 5 saturated heterocycles. The summed E-state index contributed by atoms with van der Waals surface area (Å²) in [4.78, 5) is 246. The van der Waals surface area contributed by atoms with Crippen LogP contribution in [0.1, 0.15) is 132 Å². The summed E-state index contributed by atoms with van der Waals surface area (Å²) in [5.74, 6) is -26.2. The van der Waals surface area contributed by atoms with Crippen LogP contribution in [-0.2, 0) is 197 Å². The molecule has 1 spiro atoms. The van der Waals surface area contributed by atoms with Crippen molar-refractivity contribution < 1.29 is 195 Å². The molecule has 5 aliphatic heterocycles. The molecule has 3 aromatic carbocycles. The average molecular weight is 1820 g/mol. The summed E-state index contributed by atoms with van der Waals surface area (Å²) in [6, 6.07) is 15.3. The summed E-state index contributed by atoms with van der Waals surface area (Å²) in [7, 11) is 0.817. The standard InChI is InChI=1S/C84H102N4O41/c1-38(89)85-65-59(115-44(7)95)29-83(80(104)107-15,127-73(65)69(120-49(12)100)61(117-46(9)97)34-108-41(4)92)114-37-64-68(119-48(11)99)72(67(87-40(3)91)78(123-64)112-33-58(77(103)111-31-52-23-17-16-18-24-52)88-82(106)113-32-57-55-27-21-19-25-53(55)54-26-20-22-28-56(54)57)125-79-76(122-51(14)102)75-71(63(124-79)36-110-43(6)94)126-81(105)84(129-75)30-60(116-45(8)96)66(86-39(2)90)74(128-84)70(121-50(13)101)62(118-47(10)98)35-109-42(5)93/h16-28,57-76,78-79H,29-37H2,1-15H3,(H,85,89)(H,86,90)(H,87,91)(H,88,106)/t58-,59+,60+,61+,62+,63?,64?,65+,66+,67?,68-,69+,70+,71-,72+,73?,74?,75?,76-,78-,79-,83+,84-/m0/s1. The Morgan fingerprint density at radius 3 is 1.42 bits per heavy atom. The third kappa shape index (κ3) is 26.6. The van der Waals surface area contributed by atoms with Crippen molar-refractivity contribution in [3.63, 3.8) is 0 Å². The van der Waals surface area contributed by atoms with Crippen LogP contribution < -0.4 is 21.3 Å². The molecule has 6 unspecified atom stereocenters. The molecule has 23 atom stereocenters.